The summed E-state index contributed by atoms with van der Waals surface area (Å²) in [4.78, 5) is 0. The summed E-state index contributed by atoms with van der Waals surface area (Å²) in [6.07, 6.45) is 0. The molecule has 0 aliphatic rings. The van der Waals surface area contributed by atoms with Crippen LogP contribution in [0.25, 0.3) is 5.57 Å². The standard InChI is InChI=1S/C10H11IO/c1-7(2)8-3-4-10(12)9(5-8)6-11/h3-5,12H,1,6H2,2H3. The van der Waals surface area contributed by atoms with Gasteiger partial charge in [0.2, 0.25) is 0 Å². The number of hydrogen-bond acceptors (Lipinski definition) is 1. The molecule has 1 aromatic rings. The van der Waals surface area contributed by atoms with Crippen LogP contribution in [-0.2, 0) is 4.43 Å². The van der Waals surface area contributed by atoms with Gasteiger partial charge < -0.3 is 5.11 Å². The van der Waals surface area contributed by atoms with Crippen LogP contribution in [0.2, 0.25) is 0 Å². The normalized spacial score (nSPS) is 9.83. The van der Waals surface area contributed by atoms with Crippen molar-refractivity contribution < 1.29 is 5.11 Å². The van der Waals surface area contributed by atoms with Crippen molar-refractivity contribution in [2.75, 3.05) is 0 Å². The largest absolute Gasteiger partial charge is 0.508 e. The minimum Gasteiger partial charge on any atom is -0.508 e. The Hall–Kier alpha value is -0.510. The zero-order valence-corrected chi connectivity index (χ0v) is 9.13. The van der Waals surface area contributed by atoms with Gasteiger partial charge in [0.15, 0.2) is 0 Å². The van der Waals surface area contributed by atoms with Gasteiger partial charge >= 0.3 is 0 Å². The molecule has 0 radical (unpaired) electrons. The second-order valence-corrected chi connectivity index (χ2v) is 3.52. The third-order valence-corrected chi connectivity index (χ3v) is 2.54. The first-order chi connectivity index (χ1) is 5.65. The van der Waals surface area contributed by atoms with Gasteiger partial charge in [-0.1, -0.05) is 40.8 Å². The first kappa shape index (κ1) is 9.58. The highest BCUT2D eigenvalue weighted by molar-refractivity contribution is 14.1. The zero-order chi connectivity index (χ0) is 9.14. The lowest BCUT2D eigenvalue weighted by Crippen LogP contribution is -1.83. The molecule has 0 heterocycles. The Morgan fingerprint density at radius 3 is 2.75 bits per heavy atom. The summed E-state index contributed by atoms with van der Waals surface area (Å²) in [5, 5.41) is 9.38. The van der Waals surface area contributed by atoms with Crippen molar-refractivity contribution in [2.45, 2.75) is 11.4 Å². The number of aromatic hydroxyl groups is 1. The fourth-order valence-electron chi connectivity index (χ4n) is 0.958. The second-order valence-electron chi connectivity index (χ2n) is 2.76. The zero-order valence-electron chi connectivity index (χ0n) is 6.97. The first-order valence-corrected chi connectivity index (χ1v) is 5.21. The average Bonchev–Trinajstić information content (AvgIpc) is 2.05. The molecular weight excluding hydrogens is 263 g/mol. The Morgan fingerprint density at radius 2 is 2.25 bits per heavy atom. The Labute approximate surface area is 86.3 Å². The van der Waals surface area contributed by atoms with Gasteiger partial charge in [0.1, 0.15) is 5.75 Å². The molecule has 0 fully saturated rings. The molecule has 12 heavy (non-hydrogen) atoms. The van der Waals surface area contributed by atoms with Gasteiger partial charge in [-0.25, -0.2) is 0 Å². The maximum Gasteiger partial charge on any atom is 0.119 e. The molecular formula is C10H11IO. The Kier molecular flexibility index (Phi) is 3.14. The molecule has 2 heteroatoms. The first-order valence-electron chi connectivity index (χ1n) is 3.69. The summed E-state index contributed by atoms with van der Waals surface area (Å²) in [6.45, 7) is 5.81. The lowest BCUT2D eigenvalue weighted by atomic mass is 10.1. The molecule has 1 aromatic carbocycles. The molecule has 0 amide bonds. The van der Waals surface area contributed by atoms with Gasteiger partial charge in [-0.15, -0.1) is 0 Å². The molecule has 1 N–H and O–H groups in total. The van der Waals surface area contributed by atoms with E-state index in [9.17, 15) is 5.11 Å². The van der Waals surface area contributed by atoms with Crippen LogP contribution in [0.5, 0.6) is 5.75 Å². The van der Waals surface area contributed by atoms with E-state index in [-0.39, 0.29) is 0 Å². The van der Waals surface area contributed by atoms with Crippen LogP contribution in [0.3, 0.4) is 0 Å². The van der Waals surface area contributed by atoms with Gasteiger partial charge in [-0.05, 0) is 24.6 Å². The van der Waals surface area contributed by atoms with E-state index in [1.165, 1.54) is 0 Å². The topological polar surface area (TPSA) is 20.2 Å². The predicted octanol–water partition coefficient (Wildman–Crippen LogP) is 3.36. The van der Waals surface area contributed by atoms with E-state index >= 15 is 0 Å². The second kappa shape index (κ2) is 3.94. The van der Waals surface area contributed by atoms with Crippen LogP contribution in [0.4, 0.5) is 0 Å². The maximum absolute atomic E-state index is 9.38. The minimum absolute atomic E-state index is 0.370. The maximum atomic E-state index is 9.38. The van der Waals surface area contributed by atoms with Gasteiger partial charge in [-0.2, -0.15) is 0 Å². The molecule has 0 bridgehead atoms. The SMILES string of the molecule is C=C(C)c1ccc(O)c(CI)c1. The quantitative estimate of drug-likeness (QED) is 0.647. The van der Waals surface area contributed by atoms with Crippen molar-refractivity contribution in [3.63, 3.8) is 0 Å². The van der Waals surface area contributed by atoms with Crippen molar-refractivity contribution in [3.05, 3.63) is 35.9 Å². The van der Waals surface area contributed by atoms with Crippen molar-refractivity contribution in [1.29, 1.82) is 0 Å². The molecule has 0 atom stereocenters. The molecule has 0 aromatic heterocycles. The number of rotatable bonds is 2. The van der Waals surface area contributed by atoms with Crippen LogP contribution >= 0.6 is 22.6 Å². The molecule has 1 rings (SSSR count). The minimum atomic E-state index is 0.370. The molecule has 0 saturated carbocycles. The van der Waals surface area contributed by atoms with Crippen LogP contribution in [-0.4, -0.2) is 5.11 Å². The Morgan fingerprint density at radius 1 is 1.58 bits per heavy atom. The van der Waals surface area contributed by atoms with E-state index in [4.69, 9.17) is 0 Å². The molecule has 0 aliphatic heterocycles. The van der Waals surface area contributed by atoms with E-state index in [0.717, 1.165) is 21.1 Å². The van der Waals surface area contributed by atoms with Gasteiger partial charge in [0.05, 0.1) is 0 Å². The fraction of sp³-hybridized carbons (Fsp3) is 0.200. The Balaban J connectivity index is 3.13. The van der Waals surface area contributed by atoms with Gasteiger partial charge in [0, 0.05) is 9.99 Å². The number of alkyl halides is 1. The molecule has 0 spiro atoms. The summed E-state index contributed by atoms with van der Waals surface area (Å²) in [6, 6.07) is 5.58. The predicted molar refractivity (Wildman–Crippen MR) is 60.5 cm³/mol. The van der Waals surface area contributed by atoms with Crippen LogP contribution in [0, 0.1) is 0 Å². The van der Waals surface area contributed by atoms with Gasteiger partial charge in [-0.3, -0.25) is 0 Å². The van der Waals surface area contributed by atoms with Crippen LogP contribution in [0.15, 0.2) is 24.8 Å². The number of phenols is 1. The Bertz CT molecular complexity index is 305. The third-order valence-electron chi connectivity index (χ3n) is 1.72. The molecule has 1 nitrogen and oxygen atoms in total. The summed E-state index contributed by atoms with van der Waals surface area (Å²) in [5.74, 6) is 0.370. The van der Waals surface area contributed by atoms with Crippen molar-refractivity contribution in [2.24, 2.45) is 0 Å². The van der Waals surface area contributed by atoms with E-state index < -0.39 is 0 Å². The summed E-state index contributed by atoms with van der Waals surface area (Å²) >= 11 is 2.23. The number of benzene rings is 1. The number of phenolic OH excluding ortho intramolecular Hbond substituents is 1. The highest BCUT2D eigenvalue weighted by Crippen LogP contribution is 2.23. The number of allylic oxidation sites excluding steroid dienone is 1. The van der Waals surface area contributed by atoms with Crippen molar-refractivity contribution >= 4 is 28.2 Å². The van der Waals surface area contributed by atoms with Crippen molar-refractivity contribution in [1.82, 2.24) is 0 Å². The lowest BCUT2D eigenvalue weighted by Gasteiger charge is -2.04. The average molecular weight is 274 g/mol. The summed E-state index contributed by atoms with van der Waals surface area (Å²) in [7, 11) is 0. The van der Waals surface area contributed by atoms with E-state index in [2.05, 4.69) is 29.2 Å². The van der Waals surface area contributed by atoms with Crippen molar-refractivity contribution in [3.8, 4) is 5.75 Å². The summed E-state index contributed by atoms with van der Waals surface area (Å²) < 4.78 is 0.824. The van der Waals surface area contributed by atoms with Gasteiger partial charge in [0.25, 0.3) is 0 Å². The molecule has 0 aliphatic carbocycles. The number of hydrogen-bond donors (Lipinski definition) is 1. The van der Waals surface area contributed by atoms with E-state index in [0.29, 0.717) is 5.75 Å². The fourth-order valence-corrected chi connectivity index (χ4v) is 1.57. The van der Waals surface area contributed by atoms with E-state index in [1.54, 1.807) is 6.07 Å². The molecule has 0 saturated heterocycles. The van der Waals surface area contributed by atoms with E-state index in [1.807, 2.05) is 19.1 Å². The summed E-state index contributed by atoms with van der Waals surface area (Å²) in [5.41, 5.74) is 3.09. The highest BCUT2D eigenvalue weighted by Gasteiger charge is 2.00. The molecule has 64 valence electrons. The smallest absolute Gasteiger partial charge is 0.119 e. The highest BCUT2D eigenvalue weighted by atomic mass is 127. The third kappa shape index (κ3) is 2.00. The van der Waals surface area contributed by atoms with Crippen LogP contribution < -0.4 is 0 Å². The monoisotopic (exact) mass is 274 g/mol. The molecule has 0 unspecified atom stereocenters. The number of halogens is 1. The lowest BCUT2D eigenvalue weighted by molar-refractivity contribution is 0.471. The van der Waals surface area contributed by atoms with Crippen LogP contribution in [0.1, 0.15) is 18.1 Å².